The van der Waals surface area contributed by atoms with Crippen LogP contribution < -0.4 is 4.90 Å². The van der Waals surface area contributed by atoms with Crippen molar-refractivity contribution in [3.05, 3.63) is 73.8 Å². The van der Waals surface area contributed by atoms with Gasteiger partial charge >= 0.3 is 0 Å². The van der Waals surface area contributed by atoms with Gasteiger partial charge in [0.2, 0.25) is 5.91 Å². The van der Waals surface area contributed by atoms with Gasteiger partial charge in [-0.25, -0.2) is 0 Å². The number of halogens is 3. The Hall–Kier alpha value is -1.62. The molecule has 27 heavy (non-hydrogen) atoms. The average molecular weight is 465 g/mol. The Bertz CT molecular complexity index is 966. The van der Waals surface area contributed by atoms with Crippen LogP contribution in [0.25, 0.3) is 0 Å². The fraction of sp³-hybridized carbons (Fsp3) is 0.238. The molecule has 1 amide bonds. The maximum atomic E-state index is 13.1. The van der Waals surface area contributed by atoms with Crippen molar-refractivity contribution >= 4 is 56.5 Å². The molecule has 1 heterocycles. The van der Waals surface area contributed by atoms with Crippen LogP contribution >= 0.6 is 39.1 Å². The lowest BCUT2D eigenvalue weighted by Gasteiger charge is -2.38. The number of anilines is 1. The zero-order valence-electron chi connectivity index (χ0n) is 14.3. The first-order chi connectivity index (χ1) is 12.9. The second-order valence-electron chi connectivity index (χ2n) is 6.81. The van der Waals surface area contributed by atoms with Crippen molar-refractivity contribution in [2.45, 2.75) is 31.6 Å². The highest BCUT2D eigenvalue weighted by molar-refractivity contribution is 9.10. The monoisotopic (exact) mass is 463 g/mol. The van der Waals surface area contributed by atoms with Gasteiger partial charge in [0, 0.05) is 44.5 Å². The lowest BCUT2D eigenvalue weighted by Crippen LogP contribution is -2.40. The summed E-state index contributed by atoms with van der Waals surface area (Å²) in [7, 11) is 0. The third kappa shape index (κ3) is 3.58. The van der Waals surface area contributed by atoms with Gasteiger partial charge in [0.05, 0.1) is 5.69 Å². The van der Waals surface area contributed by atoms with Gasteiger partial charge in [0.25, 0.3) is 0 Å². The van der Waals surface area contributed by atoms with E-state index < -0.39 is 0 Å². The topological polar surface area (TPSA) is 37.4 Å². The molecule has 0 N–H and O–H groups in total. The third-order valence-corrected chi connectivity index (χ3v) is 5.96. The Labute approximate surface area is 176 Å². The predicted molar refractivity (Wildman–Crippen MR) is 111 cm³/mol. The van der Waals surface area contributed by atoms with E-state index in [0.29, 0.717) is 28.6 Å². The molecule has 0 aromatic heterocycles. The highest BCUT2D eigenvalue weighted by Crippen LogP contribution is 2.44. The Kier molecular flexibility index (Phi) is 5.15. The number of allylic oxidation sites excluding steroid dienone is 2. The number of nitrogens with zero attached hydrogens (tertiary/aromatic N) is 1. The van der Waals surface area contributed by atoms with Crippen molar-refractivity contribution in [2.24, 2.45) is 0 Å². The molecule has 1 aliphatic carbocycles. The van der Waals surface area contributed by atoms with Crippen LogP contribution in [0.3, 0.4) is 0 Å². The molecule has 0 saturated heterocycles. The van der Waals surface area contributed by atoms with E-state index in [9.17, 15) is 9.59 Å². The smallest absolute Gasteiger partial charge is 0.232 e. The number of rotatable bonds is 2. The summed E-state index contributed by atoms with van der Waals surface area (Å²) in [6.45, 7) is 0. The van der Waals surface area contributed by atoms with E-state index >= 15 is 0 Å². The molecule has 0 fully saturated rings. The molecule has 138 valence electrons. The molecule has 2 aromatic rings. The maximum absolute atomic E-state index is 13.1. The van der Waals surface area contributed by atoms with Gasteiger partial charge < -0.3 is 0 Å². The molecule has 0 saturated carbocycles. The molecule has 1 aliphatic heterocycles. The number of Topliss-reactive ketones (excluding diaryl/α,β-unsaturated/α-hetero) is 1. The number of carbonyl (C=O) groups is 2. The molecule has 6 heteroatoms. The minimum atomic E-state index is -0.219. The summed E-state index contributed by atoms with van der Waals surface area (Å²) in [6.07, 6.45) is 2.18. The third-order valence-electron chi connectivity index (χ3n) is 5.03. The van der Waals surface area contributed by atoms with E-state index in [1.807, 2.05) is 24.3 Å². The Balaban J connectivity index is 1.88. The van der Waals surface area contributed by atoms with Gasteiger partial charge in [-0.2, -0.15) is 0 Å². The number of amides is 1. The summed E-state index contributed by atoms with van der Waals surface area (Å²) in [5.41, 5.74) is 3.12. The zero-order valence-corrected chi connectivity index (χ0v) is 17.4. The summed E-state index contributed by atoms with van der Waals surface area (Å²) in [4.78, 5) is 27.6. The lowest BCUT2D eigenvalue weighted by atomic mass is 9.77. The molecule has 0 spiro atoms. The molecule has 0 radical (unpaired) electrons. The van der Waals surface area contributed by atoms with Crippen molar-refractivity contribution in [1.29, 1.82) is 0 Å². The number of benzene rings is 2. The molecular weight excluding hydrogens is 449 g/mol. The summed E-state index contributed by atoms with van der Waals surface area (Å²) in [5.74, 6) is -0.151. The van der Waals surface area contributed by atoms with Crippen molar-refractivity contribution in [1.82, 2.24) is 0 Å². The van der Waals surface area contributed by atoms with E-state index in [1.165, 1.54) is 0 Å². The first kappa shape index (κ1) is 18.7. The normalized spacial score (nSPS) is 20.1. The fourth-order valence-corrected chi connectivity index (χ4v) is 4.90. The largest absolute Gasteiger partial charge is 0.294 e. The first-order valence-corrected chi connectivity index (χ1v) is 10.3. The van der Waals surface area contributed by atoms with Gasteiger partial charge in [-0.05, 0) is 48.7 Å². The molecule has 2 aromatic carbocycles. The standard InChI is InChI=1S/C21H16BrCl2NO2/c22-13-4-1-3-12(7-13)17-11-20(27)25(16-9-14(23)8-15(24)10-16)18-5-2-6-19(26)21(17)18/h1,3-4,7-10,17H,2,5-6,11H2. The Morgan fingerprint density at radius 1 is 1.00 bits per heavy atom. The molecule has 1 unspecified atom stereocenters. The average Bonchev–Trinajstić information content (AvgIpc) is 2.60. The maximum Gasteiger partial charge on any atom is 0.232 e. The van der Waals surface area contributed by atoms with E-state index in [1.54, 1.807) is 23.1 Å². The van der Waals surface area contributed by atoms with E-state index in [-0.39, 0.29) is 24.0 Å². The van der Waals surface area contributed by atoms with Gasteiger partial charge in [0.15, 0.2) is 5.78 Å². The van der Waals surface area contributed by atoms with Gasteiger partial charge in [-0.3, -0.25) is 14.5 Å². The zero-order chi connectivity index (χ0) is 19.1. The summed E-state index contributed by atoms with van der Waals surface area (Å²) >= 11 is 15.8. The van der Waals surface area contributed by atoms with Crippen LogP contribution in [-0.4, -0.2) is 11.7 Å². The minimum Gasteiger partial charge on any atom is -0.294 e. The minimum absolute atomic E-state index is 0.0493. The highest BCUT2D eigenvalue weighted by atomic mass is 79.9. The van der Waals surface area contributed by atoms with E-state index in [4.69, 9.17) is 23.2 Å². The second kappa shape index (κ2) is 7.42. The van der Waals surface area contributed by atoms with Crippen LogP contribution in [-0.2, 0) is 9.59 Å². The highest BCUT2D eigenvalue weighted by Gasteiger charge is 2.39. The SMILES string of the molecule is O=C1CCCC2=C1C(c1cccc(Br)c1)CC(=O)N2c1cc(Cl)cc(Cl)c1. The summed E-state index contributed by atoms with van der Waals surface area (Å²) in [5, 5.41) is 0.924. The quantitative estimate of drug-likeness (QED) is 0.524. The van der Waals surface area contributed by atoms with Gasteiger partial charge in [0.1, 0.15) is 0 Å². The lowest BCUT2D eigenvalue weighted by molar-refractivity contribution is -0.119. The second-order valence-corrected chi connectivity index (χ2v) is 8.59. The molecule has 2 aliphatic rings. The number of carbonyl (C=O) groups excluding carboxylic acids is 2. The molecule has 3 nitrogen and oxygen atoms in total. The van der Waals surface area contributed by atoms with Crippen molar-refractivity contribution in [2.75, 3.05) is 4.90 Å². The summed E-state index contributed by atoms with van der Waals surface area (Å²) < 4.78 is 0.932. The van der Waals surface area contributed by atoms with Crippen LogP contribution in [0.4, 0.5) is 5.69 Å². The molecule has 1 atom stereocenters. The fourth-order valence-electron chi connectivity index (χ4n) is 3.97. The number of hydrogen-bond donors (Lipinski definition) is 0. The van der Waals surface area contributed by atoms with E-state index in [2.05, 4.69) is 15.9 Å². The number of hydrogen-bond acceptors (Lipinski definition) is 2. The Morgan fingerprint density at radius 2 is 1.74 bits per heavy atom. The Morgan fingerprint density at radius 3 is 2.44 bits per heavy atom. The van der Waals surface area contributed by atoms with Crippen LogP contribution in [0.15, 0.2) is 58.2 Å². The van der Waals surface area contributed by atoms with Gasteiger partial charge in [-0.1, -0.05) is 51.3 Å². The van der Waals surface area contributed by atoms with E-state index in [0.717, 1.165) is 27.7 Å². The van der Waals surface area contributed by atoms with Crippen LogP contribution in [0, 0.1) is 0 Å². The van der Waals surface area contributed by atoms with Crippen LogP contribution in [0.1, 0.15) is 37.2 Å². The van der Waals surface area contributed by atoms with Crippen LogP contribution in [0.5, 0.6) is 0 Å². The number of ketones is 1. The van der Waals surface area contributed by atoms with Crippen molar-refractivity contribution in [3.63, 3.8) is 0 Å². The molecule has 0 bridgehead atoms. The molecule has 4 rings (SSSR count). The van der Waals surface area contributed by atoms with Crippen molar-refractivity contribution in [3.8, 4) is 0 Å². The molecular formula is C21H16BrCl2NO2. The summed E-state index contributed by atoms with van der Waals surface area (Å²) in [6, 6.07) is 12.9. The predicted octanol–water partition coefficient (Wildman–Crippen LogP) is 6.28. The van der Waals surface area contributed by atoms with Crippen molar-refractivity contribution < 1.29 is 9.59 Å². The van der Waals surface area contributed by atoms with Gasteiger partial charge in [-0.15, -0.1) is 0 Å². The van der Waals surface area contributed by atoms with Crippen LogP contribution in [0.2, 0.25) is 10.0 Å². The first-order valence-electron chi connectivity index (χ1n) is 8.75.